The summed E-state index contributed by atoms with van der Waals surface area (Å²) >= 11 is 0. The van der Waals surface area contributed by atoms with Gasteiger partial charge in [-0.2, -0.15) is 18.4 Å². The Labute approximate surface area is 119 Å². The maximum Gasteiger partial charge on any atom is 0.417 e. The Balaban J connectivity index is 2.30. The molecule has 1 fully saturated rings. The molecular formula is C14H13F3N2O2. The van der Waals surface area contributed by atoms with E-state index < -0.39 is 29.2 Å². The third-order valence-electron chi connectivity index (χ3n) is 3.64. The molecule has 1 N–H and O–H groups in total. The Bertz CT molecular complexity index is 585. The summed E-state index contributed by atoms with van der Waals surface area (Å²) in [7, 11) is 0. The Morgan fingerprint density at radius 1 is 1.33 bits per heavy atom. The van der Waals surface area contributed by atoms with Crippen LogP contribution in [0, 0.1) is 17.2 Å². The van der Waals surface area contributed by atoms with E-state index in [0.29, 0.717) is 25.9 Å². The summed E-state index contributed by atoms with van der Waals surface area (Å²) < 4.78 is 38.7. The average molecular weight is 298 g/mol. The van der Waals surface area contributed by atoms with E-state index in [0.717, 1.165) is 6.07 Å². The smallest absolute Gasteiger partial charge is 0.417 e. The van der Waals surface area contributed by atoms with Gasteiger partial charge in [-0.15, -0.1) is 0 Å². The van der Waals surface area contributed by atoms with Crippen molar-refractivity contribution in [3.8, 4) is 6.07 Å². The number of halogens is 3. The first-order chi connectivity index (χ1) is 9.84. The van der Waals surface area contributed by atoms with E-state index in [2.05, 4.69) is 0 Å². The first-order valence-corrected chi connectivity index (χ1v) is 6.42. The molecule has 1 aromatic rings. The predicted octanol–water partition coefficient (Wildman–Crippen LogP) is 2.88. The lowest BCUT2D eigenvalue weighted by Crippen LogP contribution is -2.37. The predicted molar refractivity (Wildman–Crippen MR) is 68.7 cm³/mol. The molecule has 0 atom stereocenters. The van der Waals surface area contributed by atoms with E-state index in [-0.39, 0.29) is 5.69 Å². The Morgan fingerprint density at radius 3 is 2.43 bits per heavy atom. The first-order valence-electron chi connectivity index (χ1n) is 6.42. The zero-order chi connectivity index (χ0) is 15.6. The van der Waals surface area contributed by atoms with Crippen molar-refractivity contribution < 1.29 is 23.1 Å². The zero-order valence-corrected chi connectivity index (χ0v) is 11.0. The topological polar surface area (TPSA) is 64.3 Å². The summed E-state index contributed by atoms with van der Waals surface area (Å²) in [6.45, 7) is 0.653. The molecule has 1 heterocycles. The van der Waals surface area contributed by atoms with Gasteiger partial charge in [0.25, 0.3) is 0 Å². The number of hydrogen-bond donors (Lipinski definition) is 1. The van der Waals surface area contributed by atoms with Crippen LogP contribution in [0.25, 0.3) is 0 Å². The summed E-state index contributed by atoms with van der Waals surface area (Å²) in [5.74, 6) is -1.36. The van der Waals surface area contributed by atoms with Crippen molar-refractivity contribution in [2.75, 3.05) is 18.0 Å². The first kappa shape index (κ1) is 15.2. The van der Waals surface area contributed by atoms with Crippen LogP contribution in [-0.4, -0.2) is 24.2 Å². The number of benzene rings is 1. The van der Waals surface area contributed by atoms with Gasteiger partial charge in [0, 0.05) is 13.1 Å². The van der Waals surface area contributed by atoms with Gasteiger partial charge in [0.05, 0.1) is 22.7 Å². The van der Waals surface area contributed by atoms with Crippen LogP contribution in [0.1, 0.15) is 24.0 Å². The molecule has 1 aliphatic heterocycles. The molecule has 7 heteroatoms. The molecule has 21 heavy (non-hydrogen) atoms. The minimum Gasteiger partial charge on any atom is -0.481 e. The Morgan fingerprint density at radius 2 is 1.95 bits per heavy atom. The molecule has 112 valence electrons. The molecule has 0 aromatic heterocycles. The van der Waals surface area contributed by atoms with Crippen molar-refractivity contribution in [1.29, 1.82) is 5.26 Å². The van der Waals surface area contributed by atoms with Crippen molar-refractivity contribution >= 4 is 11.7 Å². The van der Waals surface area contributed by atoms with E-state index in [4.69, 9.17) is 10.4 Å². The molecule has 0 bridgehead atoms. The molecule has 4 nitrogen and oxygen atoms in total. The Hall–Kier alpha value is -2.23. The molecule has 1 aliphatic rings. The average Bonchev–Trinajstić information content (AvgIpc) is 2.45. The number of piperidine rings is 1. The standard InChI is InChI=1S/C14H13F3N2O2/c15-14(16,17)11-2-1-3-12(10(11)8-18)19-6-4-9(5-7-19)13(20)21/h1-3,9H,4-7H2,(H,20,21). The third-order valence-corrected chi connectivity index (χ3v) is 3.64. The quantitative estimate of drug-likeness (QED) is 0.912. The number of aliphatic carboxylic acids is 1. The SMILES string of the molecule is N#Cc1c(N2CCC(C(=O)O)CC2)cccc1C(F)(F)F. The van der Waals surface area contributed by atoms with E-state index in [1.54, 1.807) is 11.0 Å². The van der Waals surface area contributed by atoms with Crippen molar-refractivity contribution in [2.24, 2.45) is 5.92 Å². The number of hydrogen-bond acceptors (Lipinski definition) is 3. The normalized spacial score (nSPS) is 16.6. The minimum atomic E-state index is -4.58. The highest BCUT2D eigenvalue weighted by molar-refractivity contribution is 5.71. The fourth-order valence-corrected chi connectivity index (χ4v) is 2.52. The van der Waals surface area contributed by atoms with Crippen molar-refractivity contribution in [2.45, 2.75) is 19.0 Å². The summed E-state index contributed by atoms with van der Waals surface area (Å²) in [6.07, 6.45) is -3.87. The second-order valence-corrected chi connectivity index (χ2v) is 4.91. The summed E-state index contributed by atoms with van der Waals surface area (Å²) in [6, 6.07) is 5.24. The number of nitrogens with zero attached hydrogens (tertiary/aromatic N) is 2. The second-order valence-electron chi connectivity index (χ2n) is 4.91. The fraction of sp³-hybridized carbons (Fsp3) is 0.429. The van der Waals surface area contributed by atoms with Gasteiger partial charge in [-0.05, 0) is 25.0 Å². The highest BCUT2D eigenvalue weighted by atomic mass is 19.4. The molecule has 1 saturated heterocycles. The molecule has 1 aromatic carbocycles. The number of anilines is 1. The summed E-state index contributed by atoms with van der Waals surface area (Å²) in [5.41, 5.74) is -1.14. The highest BCUT2D eigenvalue weighted by Crippen LogP contribution is 2.36. The summed E-state index contributed by atoms with van der Waals surface area (Å²) in [4.78, 5) is 12.5. The van der Waals surface area contributed by atoms with Gasteiger partial charge in [-0.3, -0.25) is 4.79 Å². The molecule has 0 amide bonds. The fourth-order valence-electron chi connectivity index (χ4n) is 2.52. The van der Waals surface area contributed by atoms with Gasteiger partial charge in [0.15, 0.2) is 0 Å². The Kier molecular flexibility index (Phi) is 4.07. The molecule has 0 aliphatic carbocycles. The minimum absolute atomic E-state index is 0.219. The number of rotatable bonds is 2. The van der Waals surface area contributed by atoms with Crippen LogP contribution in [-0.2, 0) is 11.0 Å². The molecule has 0 radical (unpaired) electrons. The van der Waals surface area contributed by atoms with Crippen LogP contribution in [0.4, 0.5) is 18.9 Å². The van der Waals surface area contributed by atoms with E-state index in [9.17, 15) is 18.0 Å². The molecule has 0 unspecified atom stereocenters. The largest absolute Gasteiger partial charge is 0.481 e. The van der Waals surface area contributed by atoms with Gasteiger partial charge in [-0.1, -0.05) is 6.07 Å². The molecule has 0 spiro atoms. The maximum atomic E-state index is 12.9. The van der Waals surface area contributed by atoms with Crippen LogP contribution < -0.4 is 4.90 Å². The highest BCUT2D eigenvalue weighted by Gasteiger charge is 2.35. The van der Waals surface area contributed by atoms with Gasteiger partial charge < -0.3 is 10.0 Å². The molecule has 2 rings (SSSR count). The third kappa shape index (κ3) is 3.10. The number of alkyl halides is 3. The lowest BCUT2D eigenvalue weighted by atomic mass is 9.95. The number of carboxylic acids is 1. The molecular weight excluding hydrogens is 285 g/mol. The van der Waals surface area contributed by atoms with Crippen LogP contribution in [0.2, 0.25) is 0 Å². The van der Waals surface area contributed by atoms with Crippen molar-refractivity contribution in [3.05, 3.63) is 29.3 Å². The number of carbonyl (C=O) groups is 1. The summed E-state index contributed by atoms with van der Waals surface area (Å²) in [5, 5.41) is 18.0. The maximum absolute atomic E-state index is 12.9. The lowest BCUT2D eigenvalue weighted by Gasteiger charge is -2.33. The van der Waals surface area contributed by atoms with Gasteiger partial charge in [0.1, 0.15) is 6.07 Å². The number of nitriles is 1. The van der Waals surface area contributed by atoms with Crippen LogP contribution in [0.3, 0.4) is 0 Å². The van der Waals surface area contributed by atoms with E-state index in [1.807, 2.05) is 0 Å². The van der Waals surface area contributed by atoms with Gasteiger partial charge >= 0.3 is 12.1 Å². The second kappa shape index (κ2) is 5.64. The molecule has 0 saturated carbocycles. The van der Waals surface area contributed by atoms with Crippen LogP contribution >= 0.6 is 0 Å². The van der Waals surface area contributed by atoms with Gasteiger partial charge in [0.2, 0.25) is 0 Å². The van der Waals surface area contributed by atoms with Crippen molar-refractivity contribution in [1.82, 2.24) is 0 Å². The van der Waals surface area contributed by atoms with Gasteiger partial charge in [-0.25, -0.2) is 0 Å². The van der Waals surface area contributed by atoms with E-state index >= 15 is 0 Å². The lowest BCUT2D eigenvalue weighted by molar-refractivity contribution is -0.142. The van der Waals surface area contributed by atoms with Crippen LogP contribution in [0.15, 0.2) is 18.2 Å². The number of carboxylic acid groups (broad SMARTS) is 1. The van der Waals surface area contributed by atoms with Crippen molar-refractivity contribution in [3.63, 3.8) is 0 Å². The zero-order valence-electron chi connectivity index (χ0n) is 11.0. The van der Waals surface area contributed by atoms with E-state index in [1.165, 1.54) is 12.1 Å². The van der Waals surface area contributed by atoms with Crippen LogP contribution in [0.5, 0.6) is 0 Å². The monoisotopic (exact) mass is 298 g/mol.